The van der Waals surface area contributed by atoms with Gasteiger partial charge in [-0.2, -0.15) is 0 Å². The van der Waals surface area contributed by atoms with Crippen LogP contribution >= 0.6 is 0 Å². The second kappa shape index (κ2) is 9.08. The highest BCUT2D eigenvalue weighted by Gasteiger charge is 2.09. The molecule has 0 aliphatic rings. The number of likely N-dealkylation sites (N-methyl/N-ethyl adjacent to an activating group) is 1. The van der Waals surface area contributed by atoms with E-state index in [-0.39, 0.29) is 0 Å². The lowest BCUT2D eigenvalue weighted by Crippen LogP contribution is -2.29. The lowest BCUT2D eigenvalue weighted by Gasteiger charge is -2.18. The maximum atomic E-state index is 5.53. The average molecular weight is 265 g/mol. The number of rotatable bonds is 9. The lowest BCUT2D eigenvalue weighted by atomic mass is 9.98. The fraction of sp³-hybridized carbons (Fsp3) is 0.625. The Kier molecular flexibility index (Phi) is 7.72. The van der Waals surface area contributed by atoms with Crippen LogP contribution < -0.4 is 5.32 Å². The van der Waals surface area contributed by atoms with Gasteiger partial charge in [0.2, 0.25) is 0 Å². The number of methoxy groups -OCH3 is 1. The smallest absolute Gasteiger partial charge is 0.0700 e. The normalized spacial score (nSPS) is 12.6. The summed E-state index contributed by atoms with van der Waals surface area (Å²) in [7, 11) is 3.71. The number of benzene rings is 1. The Hall–Kier alpha value is -0.900. The quantitative estimate of drug-likeness (QED) is 0.696. The third-order valence-corrected chi connectivity index (χ3v) is 3.42. The summed E-state index contributed by atoms with van der Waals surface area (Å²) in [6.07, 6.45) is 2.07. The molecule has 1 unspecified atom stereocenters. The van der Waals surface area contributed by atoms with Crippen molar-refractivity contribution in [3.8, 4) is 0 Å². The maximum Gasteiger partial charge on any atom is 0.0700 e. The van der Waals surface area contributed by atoms with Crippen molar-refractivity contribution >= 4 is 0 Å². The number of aryl methyl sites for hydroxylation is 2. The summed E-state index contributed by atoms with van der Waals surface area (Å²) in [5, 5.41) is 3.38. The van der Waals surface area contributed by atoms with Crippen LogP contribution in [0.15, 0.2) is 18.2 Å². The van der Waals surface area contributed by atoms with Crippen LogP contribution in [0.25, 0.3) is 0 Å². The number of nitrogens with one attached hydrogen (secondary N) is 1. The van der Waals surface area contributed by atoms with Gasteiger partial charge in [0.15, 0.2) is 0 Å². The van der Waals surface area contributed by atoms with Gasteiger partial charge in [-0.15, -0.1) is 0 Å². The first-order chi connectivity index (χ1) is 9.17. The van der Waals surface area contributed by atoms with Crippen molar-refractivity contribution in [3.63, 3.8) is 0 Å². The van der Waals surface area contributed by atoms with Crippen LogP contribution in [0.2, 0.25) is 0 Å². The first kappa shape index (κ1) is 16.2. The molecule has 0 saturated heterocycles. The van der Waals surface area contributed by atoms with Gasteiger partial charge in [0, 0.05) is 19.8 Å². The number of hydrogen-bond acceptors (Lipinski definition) is 3. The van der Waals surface area contributed by atoms with Crippen molar-refractivity contribution < 1.29 is 9.47 Å². The highest BCUT2D eigenvalue weighted by Crippen LogP contribution is 2.14. The molecule has 1 aromatic rings. The maximum absolute atomic E-state index is 5.53. The third kappa shape index (κ3) is 6.19. The molecule has 0 bridgehead atoms. The molecule has 1 aromatic carbocycles. The molecule has 0 aliphatic heterocycles. The summed E-state index contributed by atoms with van der Waals surface area (Å²) in [5.74, 6) is 0. The van der Waals surface area contributed by atoms with Gasteiger partial charge in [-0.25, -0.2) is 0 Å². The average Bonchev–Trinajstić information content (AvgIpc) is 2.41. The van der Waals surface area contributed by atoms with E-state index in [4.69, 9.17) is 9.47 Å². The first-order valence-electron chi connectivity index (χ1n) is 6.97. The summed E-state index contributed by atoms with van der Waals surface area (Å²) in [4.78, 5) is 0. The van der Waals surface area contributed by atoms with Gasteiger partial charge >= 0.3 is 0 Å². The molecule has 108 valence electrons. The molecule has 0 aromatic heterocycles. The molecule has 0 heterocycles. The van der Waals surface area contributed by atoms with Crippen molar-refractivity contribution in [2.45, 2.75) is 32.7 Å². The van der Waals surface area contributed by atoms with Crippen LogP contribution in [0.5, 0.6) is 0 Å². The van der Waals surface area contributed by atoms with Gasteiger partial charge in [-0.3, -0.25) is 0 Å². The monoisotopic (exact) mass is 265 g/mol. The van der Waals surface area contributed by atoms with Crippen LogP contribution in [-0.4, -0.2) is 40.0 Å². The minimum absolute atomic E-state index is 0.461. The fourth-order valence-corrected chi connectivity index (χ4v) is 2.10. The zero-order valence-electron chi connectivity index (χ0n) is 12.7. The summed E-state index contributed by atoms with van der Waals surface area (Å²) in [5.41, 5.74) is 4.12. The van der Waals surface area contributed by atoms with E-state index in [0.29, 0.717) is 19.3 Å². The van der Waals surface area contributed by atoms with E-state index in [9.17, 15) is 0 Å². The van der Waals surface area contributed by atoms with Crippen molar-refractivity contribution in [2.24, 2.45) is 0 Å². The Labute approximate surface area is 117 Å². The highest BCUT2D eigenvalue weighted by atomic mass is 16.5. The van der Waals surface area contributed by atoms with E-state index < -0.39 is 0 Å². The number of ether oxygens (including phenoxy) is 2. The SMILES string of the molecule is CNC(CCOCCOC)Cc1cc(C)ccc1C. The van der Waals surface area contributed by atoms with Crippen molar-refractivity contribution in [2.75, 3.05) is 34.0 Å². The topological polar surface area (TPSA) is 30.5 Å². The lowest BCUT2D eigenvalue weighted by molar-refractivity contribution is 0.0661. The van der Waals surface area contributed by atoms with Crippen LogP contribution in [0.1, 0.15) is 23.1 Å². The summed E-state index contributed by atoms with van der Waals surface area (Å²) < 4.78 is 10.5. The van der Waals surface area contributed by atoms with Gasteiger partial charge in [-0.1, -0.05) is 23.8 Å². The Balaban J connectivity index is 2.41. The first-order valence-corrected chi connectivity index (χ1v) is 6.97. The van der Waals surface area contributed by atoms with Gasteiger partial charge < -0.3 is 14.8 Å². The van der Waals surface area contributed by atoms with Crippen molar-refractivity contribution in [3.05, 3.63) is 34.9 Å². The molecule has 0 fully saturated rings. The Morgan fingerprint density at radius 2 is 1.95 bits per heavy atom. The zero-order valence-corrected chi connectivity index (χ0v) is 12.7. The van der Waals surface area contributed by atoms with Gasteiger partial charge in [-0.05, 0) is 44.9 Å². The second-order valence-electron chi connectivity index (χ2n) is 5.01. The van der Waals surface area contributed by atoms with Gasteiger partial charge in [0.1, 0.15) is 0 Å². The number of hydrogen-bond donors (Lipinski definition) is 1. The van der Waals surface area contributed by atoms with Gasteiger partial charge in [0.05, 0.1) is 13.2 Å². The van der Waals surface area contributed by atoms with E-state index in [1.165, 1.54) is 16.7 Å². The van der Waals surface area contributed by atoms with Crippen molar-refractivity contribution in [1.82, 2.24) is 5.32 Å². The standard InChI is InChI=1S/C16H27NO2/c1-13-5-6-14(2)15(11-13)12-16(17-3)7-8-19-10-9-18-4/h5-6,11,16-17H,7-10,12H2,1-4H3. The Bertz CT molecular complexity index is 366. The molecule has 0 saturated carbocycles. The van der Waals surface area contributed by atoms with E-state index in [1.807, 2.05) is 7.05 Å². The summed E-state index contributed by atoms with van der Waals surface area (Å²) in [6, 6.07) is 7.11. The Morgan fingerprint density at radius 3 is 2.63 bits per heavy atom. The molecule has 0 spiro atoms. The molecule has 1 rings (SSSR count). The molecule has 19 heavy (non-hydrogen) atoms. The minimum Gasteiger partial charge on any atom is -0.382 e. The predicted molar refractivity (Wildman–Crippen MR) is 79.8 cm³/mol. The summed E-state index contributed by atoms with van der Waals surface area (Å²) in [6.45, 7) is 6.44. The molecule has 0 radical (unpaired) electrons. The molecule has 1 atom stereocenters. The largest absolute Gasteiger partial charge is 0.382 e. The second-order valence-corrected chi connectivity index (χ2v) is 5.01. The van der Waals surface area contributed by atoms with Crippen LogP contribution in [0.4, 0.5) is 0 Å². The van der Waals surface area contributed by atoms with Crippen LogP contribution in [-0.2, 0) is 15.9 Å². The van der Waals surface area contributed by atoms with E-state index in [0.717, 1.165) is 19.4 Å². The van der Waals surface area contributed by atoms with Crippen LogP contribution in [0, 0.1) is 13.8 Å². The third-order valence-electron chi connectivity index (χ3n) is 3.42. The predicted octanol–water partition coefficient (Wildman–Crippen LogP) is 2.49. The Morgan fingerprint density at radius 1 is 1.16 bits per heavy atom. The minimum atomic E-state index is 0.461. The van der Waals surface area contributed by atoms with E-state index >= 15 is 0 Å². The molecule has 3 heteroatoms. The molecule has 0 aliphatic carbocycles. The van der Waals surface area contributed by atoms with E-state index in [2.05, 4.69) is 37.4 Å². The van der Waals surface area contributed by atoms with E-state index in [1.54, 1.807) is 7.11 Å². The molecule has 3 nitrogen and oxygen atoms in total. The zero-order chi connectivity index (χ0) is 14.1. The highest BCUT2D eigenvalue weighted by molar-refractivity contribution is 5.31. The van der Waals surface area contributed by atoms with Crippen molar-refractivity contribution in [1.29, 1.82) is 0 Å². The molecule has 0 amide bonds. The molecular weight excluding hydrogens is 238 g/mol. The molecular formula is C16H27NO2. The fourth-order valence-electron chi connectivity index (χ4n) is 2.10. The van der Waals surface area contributed by atoms with Crippen LogP contribution in [0.3, 0.4) is 0 Å². The van der Waals surface area contributed by atoms with Gasteiger partial charge in [0.25, 0.3) is 0 Å². The summed E-state index contributed by atoms with van der Waals surface area (Å²) >= 11 is 0. The molecule has 1 N–H and O–H groups in total.